The van der Waals surface area contributed by atoms with Crippen LogP contribution in [-0.2, 0) is 0 Å². The Labute approximate surface area is 138 Å². The summed E-state index contributed by atoms with van der Waals surface area (Å²) in [6, 6.07) is 16.6. The van der Waals surface area contributed by atoms with E-state index in [0.29, 0.717) is 0 Å². The lowest BCUT2D eigenvalue weighted by Gasteiger charge is -2.01. The maximum Gasteiger partial charge on any atom is 0.104 e. The Bertz CT molecular complexity index is 1080. The predicted octanol–water partition coefficient (Wildman–Crippen LogP) is 5.01. The van der Waals surface area contributed by atoms with Crippen LogP contribution < -0.4 is 0 Å². The predicted molar refractivity (Wildman–Crippen MR) is 97.9 cm³/mol. The lowest BCUT2D eigenvalue weighted by molar-refractivity contribution is 1.15. The highest BCUT2D eigenvalue weighted by Crippen LogP contribution is 2.37. The van der Waals surface area contributed by atoms with Gasteiger partial charge in [0.2, 0.25) is 0 Å². The highest BCUT2D eigenvalue weighted by molar-refractivity contribution is 6.02. The summed E-state index contributed by atoms with van der Waals surface area (Å²) in [4.78, 5) is 14.9. The average molecular weight is 312 g/mol. The third-order valence-electron chi connectivity index (χ3n) is 4.53. The minimum Gasteiger partial charge on any atom is -0.360 e. The molecule has 0 atom stereocenters. The van der Waals surface area contributed by atoms with E-state index >= 15 is 0 Å². The van der Waals surface area contributed by atoms with Crippen LogP contribution in [0.1, 0.15) is 5.82 Å². The van der Waals surface area contributed by atoms with E-state index in [1.54, 1.807) is 0 Å². The first kappa shape index (κ1) is 13.2. The minimum absolute atomic E-state index is 0.913. The third-order valence-corrected chi connectivity index (χ3v) is 4.53. The fraction of sp³-hybridized carbons (Fsp3) is 0.0500. The first-order chi connectivity index (χ1) is 11.8. The van der Waals surface area contributed by atoms with Crippen molar-refractivity contribution in [2.75, 3.05) is 0 Å². The number of benzene rings is 2. The van der Waals surface area contributed by atoms with Crippen molar-refractivity contribution in [1.82, 2.24) is 19.9 Å². The van der Waals surface area contributed by atoms with Crippen molar-refractivity contribution < 1.29 is 0 Å². The number of hydrogen-bond donors (Lipinski definition) is 3. The molecule has 0 radical (unpaired) electrons. The van der Waals surface area contributed by atoms with Gasteiger partial charge in [0, 0.05) is 45.3 Å². The molecule has 0 saturated carbocycles. The zero-order valence-corrected chi connectivity index (χ0v) is 13.2. The molecule has 3 heterocycles. The Morgan fingerprint density at radius 2 is 1.33 bits per heavy atom. The highest BCUT2D eigenvalue weighted by atomic mass is 14.9. The van der Waals surface area contributed by atoms with Gasteiger partial charge in [0.25, 0.3) is 0 Å². The monoisotopic (exact) mass is 312 g/mol. The molecule has 0 bridgehead atoms. The van der Waals surface area contributed by atoms with Crippen molar-refractivity contribution in [3.05, 3.63) is 66.7 Å². The molecule has 116 valence electrons. The van der Waals surface area contributed by atoms with E-state index in [1.165, 1.54) is 10.8 Å². The Morgan fingerprint density at radius 1 is 0.750 bits per heavy atom. The molecule has 0 amide bonds. The summed E-state index contributed by atoms with van der Waals surface area (Å²) in [7, 11) is 0. The Kier molecular flexibility index (Phi) is 2.67. The summed E-state index contributed by atoms with van der Waals surface area (Å²) in [5.41, 5.74) is 6.55. The molecule has 4 heteroatoms. The molecule has 0 saturated heterocycles. The number of aromatic amines is 3. The fourth-order valence-electron chi connectivity index (χ4n) is 3.43. The molecule has 0 unspecified atom stereocenters. The van der Waals surface area contributed by atoms with Crippen LogP contribution in [-0.4, -0.2) is 19.9 Å². The highest BCUT2D eigenvalue weighted by Gasteiger charge is 2.18. The number of H-pyrrole nitrogens is 3. The van der Waals surface area contributed by atoms with E-state index < -0.39 is 0 Å². The summed E-state index contributed by atoms with van der Waals surface area (Å²) in [5.74, 6) is 0.913. The third kappa shape index (κ3) is 1.83. The molecule has 24 heavy (non-hydrogen) atoms. The van der Waals surface area contributed by atoms with Crippen LogP contribution in [0.25, 0.3) is 44.3 Å². The standard InChI is InChI=1S/C20H16N4/c1-12-23-19(15-10-21-17-8-4-2-6-13(15)17)20(24-12)16-11-22-18-9-5-3-7-14(16)18/h2-11,21-22H,1H3,(H,23,24). The molecule has 4 nitrogen and oxygen atoms in total. The second-order valence-corrected chi connectivity index (χ2v) is 6.04. The van der Waals surface area contributed by atoms with Crippen molar-refractivity contribution in [3.8, 4) is 22.5 Å². The number of para-hydroxylation sites is 2. The molecule has 3 aromatic heterocycles. The van der Waals surface area contributed by atoms with Gasteiger partial charge in [0.15, 0.2) is 0 Å². The SMILES string of the molecule is Cc1nc(-c2c[nH]c3ccccc23)c(-c2c[nH]c3ccccc23)[nH]1. The van der Waals surface area contributed by atoms with E-state index in [0.717, 1.165) is 39.4 Å². The fourth-order valence-corrected chi connectivity index (χ4v) is 3.43. The number of aryl methyl sites for hydroxylation is 1. The molecule has 0 spiro atoms. The molecular weight excluding hydrogens is 296 g/mol. The van der Waals surface area contributed by atoms with Gasteiger partial charge in [-0.25, -0.2) is 4.98 Å². The van der Waals surface area contributed by atoms with Gasteiger partial charge >= 0.3 is 0 Å². The lowest BCUT2D eigenvalue weighted by atomic mass is 10.0. The number of hydrogen-bond acceptors (Lipinski definition) is 1. The molecule has 0 aliphatic heterocycles. The van der Waals surface area contributed by atoms with E-state index in [2.05, 4.69) is 57.5 Å². The Hall–Kier alpha value is -3.27. The van der Waals surface area contributed by atoms with Crippen LogP contribution in [0, 0.1) is 6.92 Å². The smallest absolute Gasteiger partial charge is 0.104 e. The van der Waals surface area contributed by atoms with Crippen LogP contribution in [0.5, 0.6) is 0 Å². The van der Waals surface area contributed by atoms with Gasteiger partial charge < -0.3 is 15.0 Å². The van der Waals surface area contributed by atoms with Crippen LogP contribution in [0.3, 0.4) is 0 Å². The van der Waals surface area contributed by atoms with Gasteiger partial charge in [-0.1, -0.05) is 36.4 Å². The van der Waals surface area contributed by atoms with Gasteiger partial charge in [-0.15, -0.1) is 0 Å². The molecular formula is C20H16N4. The van der Waals surface area contributed by atoms with Crippen molar-refractivity contribution in [2.24, 2.45) is 0 Å². The molecule has 5 rings (SSSR count). The van der Waals surface area contributed by atoms with Crippen molar-refractivity contribution in [3.63, 3.8) is 0 Å². The van der Waals surface area contributed by atoms with Crippen LogP contribution in [0.4, 0.5) is 0 Å². The first-order valence-electron chi connectivity index (χ1n) is 8.01. The molecule has 5 aromatic rings. The molecule has 0 fully saturated rings. The number of nitrogens with zero attached hydrogens (tertiary/aromatic N) is 1. The van der Waals surface area contributed by atoms with Crippen molar-refractivity contribution >= 4 is 21.8 Å². The second-order valence-electron chi connectivity index (χ2n) is 6.04. The van der Waals surface area contributed by atoms with E-state index in [9.17, 15) is 0 Å². The van der Waals surface area contributed by atoms with Gasteiger partial charge in [-0.3, -0.25) is 0 Å². The number of aromatic nitrogens is 4. The van der Waals surface area contributed by atoms with Gasteiger partial charge in [0.05, 0.1) is 11.4 Å². The minimum atomic E-state index is 0.913. The Balaban J connectivity index is 1.80. The van der Waals surface area contributed by atoms with E-state index in [-0.39, 0.29) is 0 Å². The van der Waals surface area contributed by atoms with Crippen LogP contribution in [0.15, 0.2) is 60.9 Å². The summed E-state index contributed by atoms with van der Waals surface area (Å²) >= 11 is 0. The molecule has 0 aliphatic rings. The van der Waals surface area contributed by atoms with Crippen LogP contribution in [0.2, 0.25) is 0 Å². The van der Waals surface area contributed by atoms with Crippen LogP contribution >= 0.6 is 0 Å². The summed E-state index contributed by atoms with van der Waals surface area (Å²) < 4.78 is 0. The second kappa shape index (κ2) is 4.86. The topological polar surface area (TPSA) is 60.3 Å². The van der Waals surface area contributed by atoms with E-state index in [4.69, 9.17) is 4.98 Å². The number of rotatable bonds is 2. The van der Waals surface area contributed by atoms with Crippen molar-refractivity contribution in [2.45, 2.75) is 6.92 Å². The lowest BCUT2D eigenvalue weighted by Crippen LogP contribution is -1.82. The Morgan fingerprint density at radius 3 is 2.04 bits per heavy atom. The molecule has 2 aromatic carbocycles. The molecule has 3 N–H and O–H groups in total. The maximum atomic E-state index is 4.78. The van der Waals surface area contributed by atoms with E-state index in [1.807, 2.05) is 25.3 Å². The maximum absolute atomic E-state index is 4.78. The summed E-state index contributed by atoms with van der Waals surface area (Å²) in [6.07, 6.45) is 4.09. The largest absolute Gasteiger partial charge is 0.360 e. The summed E-state index contributed by atoms with van der Waals surface area (Å²) in [6.45, 7) is 2.00. The zero-order valence-electron chi connectivity index (χ0n) is 13.2. The zero-order chi connectivity index (χ0) is 16.1. The van der Waals surface area contributed by atoms with Gasteiger partial charge in [-0.2, -0.15) is 0 Å². The number of imidazole rings is 1. The van der Waals surface area contributed by atoms with Gasteiger partial charge in [0.1, 0.15) is 5.82 Å². The average Bonchev–Trinajstić information content (AvgIpc) is 3.30. The summed E-state index contributed by atoms with van der Waals surface area (Å²) in [5, 5.41) is 2.38. The van der Waals surface area contributed by atoms with Crippen molar-refractivity contribution in [1.29, 1.82) is 0 Å². The quantitative estimate of drug-likeness (QED) is 0.421. The van der Waals surface area contributed by atoms with Gasteiger partial charge in [-0.05, 0) is 19.1 Å². The molecule has 0 aliphatic carbocycles. The normalized spacial score (nSPS) is 11.5. The number of nitrogens with one attached hydrogen (secondary N) is 3. The first-order valence-corrected chi connectivity index (χ1v) is 8.01. The number of fused-ring (bicyclic) bond motifs is 2.